The lowest BCUT2D eigenvalue weighted by atomic mass is 9.63. The maximum Gasteiger partial charge on any atom is 0.534 e. The van der Waals surface area contributed by atoms with Crippen molar-refractivity contribution in [1.82, 2.24) is 0 Å². The van der Waals surface area contributed by atoms with Gasteiger partial charge in [-0.3, -0.25) is 0 Å². The third kappa shape index (κ3) is 4.56. The van der Waals surface area contributed by atoms with Crippen molar-refractivity contribution in [2.75, 3.05) is 7.11 Å². The van der Waals surface area contributed by atoms with Gasteiger partial charge >= 0.3 is 21.6 Å². The summed E-state index contributed by atoms with van der Waals surface area (Å²) in [7, 11) is -4.93. The number of esters is 1. The second-order valence-corrected chi connectivity index (χ2v) is 12.0. The van der Waals surface area contributed by atoms with E-state index in [0.717, 1.165) is 37.1 Å². The van der Waals surface area contributed by atoms with Gasteiger partial charge in [0.05, 0.1) is 7.11 Å². The molecule has 0 unspecified atom stereocenters. The molecule has 0 heterocycles. The van der Waals surface area contributed by atoms with Crippen LogP contribution in [0.5, 0.6) is 5.75 Å². The molecule has 0 radical (unpaired) electrons. The number of hydrogen-bond acceptors (Lipinski definition) is 5. The van der Waals surface area contributed by atoms with Gasteiger partial charge in [-0.1, -0.05) is 58.0 Å². The molecule has 0 fully saturated rings. The smallest absolute Gasteiger partial charge is 0.465 e. The van der Waals surface area contributed by atoms with E-state index in [1.807, 2.05) is 6.07 Å². The van der Waals surface area contributed by atoms with Crippen LogP contribution in [0, 0.1) is 0 Å². The van der Waals surface area contributed by atoms with E-state index in [9.17, 15) is 26.4 Å². The van der Waals surface area contributed by atoms with Crippen LogP contribution in [0.25, 0.3) is 21.9 Å². The highest BCUT2D eigenvalue weighted by atomic mass is 32.2. The zero-order valence-corrected chi connectivity index (χ0v) is 21.4. The van der Waals surface area contributed by atoms with Crippen LogP contribution in [0.1, 0.15) is 62.0 Å². The molecule has 0 aromatic heterocycles. The van der Waals surface area contributed by atoms with Crippen LogP contribution in [0.4, 0.5) is 13.2 Å². The van der Waals surface area contributed by atoms with Gasteiger partial charge < -0.3 is 8.92 Å². The van der Waals surface area contributed by atoms with Crippen molar-refractivity contribution in [2.24, 2.45) is 0 Å². The average Bonchev–Trinajstić information content (AvgIpc) is 2.79. The molecular formula is C27H27F3O5S. The lowest BCUT2D eigenvalue weighted by Gasteiger charge is -2.42. The molecule has 4 rings (SSSR count). The number of fused-ring (bicyclic) bond motifs is 2. The van der Waals surface area contributed by atoms with Crippen molar-refractivity contribution in [1.29, 1.82) is 0 Å². The molecule has 0 atom stereocenters. The van der Waals surface area contributed by atoms with Crippen LogP contribution in [0.3, 0.4) is 0 Å². The Labute approximate surface area is 208 Å². The van der Waals surface area contributed by atoms with Gasteiger partial charge in [0.2, 0.25) is 0 Å². The highest BCUT2D eigenvalue weighted by Gasteiger charge is 2.49. The Hall–Kier alpha value is -3.07. The zero-order valence-electron chi connectivity index (χ0n) is 20.6. The van der Waals surface area contributed by atoms with Crippen molar-refractivity contribution in [3.8, 4) is 16.9 Å². The molecule has 0 saturated heterocycles. The van der Waals surface area contributed by atoms with E-state index >= 15 is 0 Å². The number of benzene rings is 3. The average molecular weight is 521 g/mol. The first-order chi connectivity index (χ1) is 16.6. The number of hydrogen-bond donors (Lipinski definition) is 0. The minimum Gasteiger partial charge on any atom is -0.465 e. The van der Waals surface area contributed by atoms with Crippen molar-refractivity contribution >= 4 is 26.9 Å². The molecule has 36 heavy (non-hydrogen) atoms. The Morgan fingerprint density at radius 3 is 2.03 bits per heavy atom. The highest BCUT2D eigenvalue weighted by molar-refractivity contribution is 7.88. The monoisotopic (exact) mass is 520 g/mol. The van der Waals surface area contributed by atoms with Crippen LogP contribution in [0.15, 0.2) is 48.5 Å². The summed E-state index contributed by atoms with van der Waals surface area (Å²) >= 11 is 0. The van der Waals surface area contributed by atoms with Crippen molar-refractivity contribution in [2.45, 2.75) is 56.9 Å². The zero-order chi connectivity index (χ0) is 26.7. The second-order valence-electron chi connectivity index (χ2n) is 10.4. The second kappa shape index (κ2) is 8.50. The number of carbonyl (C=O) groups excluding carboxylic acids is 1. The molecule has 192 valence electrons. The minimum absolute atomic E-state index is 0.00593. The standard InChI is InChI=1S/C27H27F3O5S/c1-25(2)10-11-26(3,4)22-14-17(8-9-21(22)25)16-6-7-18-15-23(35-36(32,33)27(28,29)30)20(24(31)34-5)13-19(18)12-16/h6-9,12-15H,10-11H2,1-5H3. The lowest BCUT2D eigenvalue weighted by molar-refractivity contribution is -0.0500. The fourth-order valence-corrected chi connectivity index (χ4v) is 5.20. The maximum absolute atomic E-state index is 12.9. The van der Waals surface area contributed by atoms with Crippen LogP contribution in [-0.2, 0) is 25.7 Å². The van der Waals surface area contributed by atoms with E-state index < -0.39 is 32.9 Å². The molecule has 1 aliphatic carbocycles. The van der Waals surface area contributed by atoms with E-state index in [2.05, 4.69) is 48.7 Å². The van der Waals surface area contributed by atoms with Gasteiger partial charge in [-0.15, -0.1) is 0 Å². The van der Waals surface area contributed by atoms with Gasteiger partial charge in [0.1, 0.15) is 5.56 Å². The lowest BCUT2D eigenvalue weighted by Crippen LogP contribution is -2.33. The van der Waals surface area contributed by atoms with Crippen LogP contribution < -0.4 is 4.18 Å². The summed E-state index contributed by atoms with van der Waals surface area (Å²) in [5, 5.41) is 0.917. The topological polar surface area (TPSA) is 69.7 Å². The van der Waals surface area contributed by atoms with Gasteiger partial charge in [0.15, 0.2) is 5.75 Å². The molecule has 0 saturated carbocycles. The van der Waals surface area contributed by atoms with Gasteiger partial charge in [-0.2, -0.15) is 21.6 Å². The quantitative estimate of drug-likeness (QED) is 0.213. The molecule has 9 heteroatoms. The Kier molecular flexibility index (Phi) is 6.14. The van der Waals surface area contributed by atoms with E-state index in [1.165, 1.54) is 17.2 Å². The van der Waals surface area contributed by atoms with E-state index in [0.29, 0.717) is 10.8 Å². The Morgan fingerprint density at radius 1 is 0.833 bits per heavy atom. The van der Waals surface area contributed by atoms with E-state index in [4.69, 9.17) is 0 Å². The number of carbonyl (C=O) groups is 1. The molecule has 0 amide bonds. The predicted molar refractivity (Wildman–Crippen MR) is 132 cm³/mol. The van der Waals surface area contributed by atoms with Crippen molar-refractivity contribution in [3.63, 3.8) is 0 Å². The van der Waals surface area contributed by atoms with Crippen LogP contribution in [0.2, 0.25) is 0 Å². The summed E-state index contributed by atoms with van der Waals surface area (Å²) in [4.78, 5) is 12.3. The SMILES string of the molecule is COC(=O)c1cc2cc(-c3ccc4c(c3)C(C)(C)CCC4(C)C)ccc2cc1OS(=O)(=O)C(F)(F)F. The molecule has 0 aliphatic heterocycles. The molecule has 0 bridgehead atoms. The first kappa shape index (κ1) is 26.0. The predicted octanol–water partition coefficient (Wildman–Crippen LogP) is 6.87. The summed E-state index contributed by atoms with van der Waals surface area (Å²) in [5.41, 5.74) is -1.62. The third-order valence-electron chi connectivity index (χ3n) is 7.01. The van der Waals surface area contributed by atoms with Crippen LogP contribution >= 0.6 is 0 Å². The number of rotatable bonds is 4. The third-order valence-corrected chi connectivity index (χ3v) is 7.98. The summed E-state index contributed by atoms with van der Waals surface area (Å²) in [5.74, 6) is -1.77. The minimum atomic E-state index is -5.97. The van der Waals surface area contributed by atoms with Gasteiger partial charge in [0.25, 0.3) is 0 Å². The molecule has 1 aliphatic rings. The Bertz CT molecular complexity index is 1470. The summed E-state index contributed by atoms with van der Waals surface area (Å²) in [6.07, 6.45) is 2.15. The van der Waals surface area contributed by atoms with Gasteiger partial charge in [-0.05, 0) is 74.9 Å². The Balaban J connectivity index is 1.83. The number of halogens is 3. The van der Waals surface area contributed by atoms with Crippen LogP contribution in [-0.4, -0.2) is 27.0 Å². The summed E-state index contributed by atoms with van der Waals surface area (Å²) < 4.78 is 70.7. The fraction of sp³-hybridized carbons (Fsp3) is 0.370. The molecule has 5 nitrogen and oxygen atoms in total. The number of methoxy groups -OCH3 is 1. The molecular weight excluding hydrogens is 493 g/mol. The molecule has 3 aromatic rings. The fourth-order valence-electron chi connectivity index (χ4n) is 4.73. The first-order valence-electron chi connectivity index (χ1n) is 11.4. The van der Waals surface area contributed by atoms with Crippen molar-refractivity contribution < 1.29 is 35.3 Å². The number of alkyl halides is 3. The normalized spacial score (nSPS) is 16.9. The highest BCUT2D eigenvalue weighted by Crippen LogP contribution is 2.47. The molecule has 0 spiro atoms. The largest absolute Gasteiger partial charge is 0.534 e. The molecule has 0 N–H and O–H groups in total. The van der Waals surface area contributed by atoms with Crippen molar-refractivity contribution in [3.05, 3.63) is 65.2 Å². The Morgan fingerprint density at radius 2 is 1.42 bits per heavy atom. The van der Waals surface area contributed by atoms with E-state index in [-0.39, 0.29) is 10.8 Å². The summed E-state index contributed by atoms with van der Waals surface area (Å²) in [6, 6.07) is 14.0. The van der Waals surface area contributed by atoms with E-state index in [1.54, 1.807) is 18.2 Å². The first-order valence-corrected chi connectivity index (χ1v) is 12.8. The molecule has 3 aromatic carbocycles. The maximum atomic E-state index is 12.9. The van der Waals surface area contributed by atoms with Gasteiger partial charge in [-0.25, -0.2) is 4.79 Å². The number of ether oxygens (including phenoxy) is 1. The van der Waals surface area contributed by atoms with Gasteiger partial charge in [0, 0.05) is 0 Å². The summed E-state index contributed by atoms with van der Waals surface area (Å²) in [6.45, 7) is 8.93.